The van der Waals surface area contributed by atoms with Crippen LogP contribution in [0.15, 0.2) is 42.5 Å². The van der Waals surface area contributed by atoms with Crippen molar-refractivity contribution in [3.63, 3.8) is 0 Å². The maximum absolute atomic E-state index is 14.7. The van der Waals surface area contributed by atoms with Crippen LogP contribution in [0.1, 0.15) is 57.1 Å². The number of amides is 2. The normalized spacial score (nSPS) is 19.5. The Hall–Kier alpha value is -3.56. The van der Waals surface area contributed by atoms with Crippen molar-refractivity contribution in [2.24, 2.45) is 0 Å². The van der Waals surface area contributed by atoms with Crippen molar-refractivity contribution in [2.75, 3.05) is 0 Å². The number of fused-ring (bicyclic) bond motifs is 1. The fraction of sp³-hybridized carbons (Fsp3) is 0.304. The van der Waals surface area contributed by atoms with Crippen LogP contribution in [0.4, 0.5) is 17.6 Å². The number of carbonyl (C=O) groups is 4. The largest absolute Gasteiger partial charge is 0.412 e. The minimum absolute atomic E-state index is 0.0656. The molecule has 1 N–H and O–H groups in total. The number of hydrogen-bond acceptors (Lipinski definition) is 4. The van der Waals surface area contributed by atoms with Gasteiger partial charge in [0.05, 0.1) is 18.0 Å². The zero-order valence-corrected chi connectivity index (χ0v) is 17.1. The molecule has 10 heteroatoms. The van der Waals surface area contributed by atoms with E-state index in [1.54, 1.807) is 0 Å². The van der Waals surface area contributed by atoms with E-state index in [1.807, 2.05) is 5.32 Å². The van der Waals surface area contributed by atoms with Gasteiger partial charge in [0.15, 0.2) is 11.8 Å². The molecule has 2 amide bonds. The van der Waals surface area contributed by atoms with Crippen molar-refractivity contribution in [3.05, 3.63) is 70.5 Å². The maximum atomic E-state index is 14.7. The Morgan fingerprint density at radius 3 is 2.42 bits per heavy atom. The molecule has 6 nitrogen and oxygen atoms in total. The first-order chi connectivity index (χ1) is 15.6. The highest BCUT2D eigenvalue weighted by molar-refractivity contribution is 6.08. The molecule has 1 unspecified atom stereocenters. The molecule has 1 aliphatic heterocycles. The van der Waals surface area contributed by atoms with Gasteiger partial charge < -0.3 is 10.2 Å². The van der Waals surface area contributed by atoms with E-state index in [1.165, 1.54) is 35.2 Å². The van der Waals surface area contributed by atoms with Crippen LogP contribution in [0.5, 0.6) is 0 Å². The first-order valence-electron chi connectivity index (χ1n) is 10.2. The van der Waals surface area contributed by atoms with Crippen LogP contribution in [0.2, 0.25) is 0 Å². The number of ketones is 2. The second-order valence-electron chi connectivity index (χ2n) is 8.02. The second-order valence-corrected chi connectivity index (χ2v) is 8.02. The number of carbonyl (C=O) groups excluding carboxylic acids is 4. The van der Waals surface area contributed by atoms with Crippen molar-refractivity contribution in [1.82, 2.24) is 10.2 Å². The quantitative estimate of drug-likeness (QED) is 0.557. The Labute approximate surface area is 185 Å². The predicted molar refractivity (Wildman–Crippen MR) is 107 cm³/mol. The molecular formula is C23H18F4N2O4. The van der Waals surface area contributed by atoms with Gasteiger partial charge in [0.25, 0.3) is 11.8 Å². The molecule has 1 fully saturated rings. The Bertz CT molecular complexity index is 1150. The van der Waals surface area contributed by atoms with Gasteiger partial charge >= 0.3 is 6.18 Å². The summed E-state index contributed by atoms with van der Waals surface area (Å²) in [5.74, 6) is -3.70. The van der Waals surface area contributed by atoms with Gasteiger partial charge in [-0.1, -0.05) is 30.3 Å². The van der Waals surface area contributed by atoms with Gasteiger partial charge in [0.2, 0.25) is 0 Å². The molecule has 2 aromatic carbocycles. The fourth-order valence-electron chi connectivity index (χ4n) is 4.18. The van der Waals surface area contributed by atoms with E-state index in [-0.39, 0.29) is 48.3 Å². The van der Waals surface area contributed by atoms with E-state index in [9.17, 15) is 36.7 Å². The number of Topliss-reactive ketones (excluding diaryl/α,β-unsaturated/α-hetero) is 2. The van der Waals surface area contributed by atoms with Gasteiger partial charge in [-0.2, -0.15) is 13.2 Å². The van der Waals surface area contributed by atoms with Gasteiger partial charge in [-0.05, 0) is 29.7 Å². The first-order valence-corrected chi connectivity index (χ1v) is 10.2. The monoisotopic (exact) mass is 462 g/mol. The predicted octanol–water partition coefficient (Wildman–Crippen LogP) is 3.51. The van der Waals surface area contributed by atoms with Crippen LogP contribution in [0.25, 0.3) is 0 Å². The zero-order valence-electron chi connectivity index (χ0n) is 17.1. The lowest BCUT2D eigenvalue weighted by molar-refractivity contribution is -0.155. The third kappa shape index (κ3) is 4.37. The summed E-state index contributed by atoms with van der Waals surface area (Å²) >= 11 is 0. The SMILES string of the molecule is O=C1CCC(N2Cc3cc(C(=O)N[C@H](c4ccccc4)C(F)(F)F)c(F)cc3C2=O)C(=O)C1. The van der Waals surface area contributed by atoms with E-state index in [2.05, 4.69) is 0 Å². The number of alkyl halides is 3. The number of rotatable bonds is 4. The molecule has 2 aromatic rings. The Morgan fingerprint density at radius 2 is 1.79 bits per heavy atom. The van der Waals surface area contributed by atoms with Crippen molar-refractivity contribution >= 4 is 23.4 Å². The van der Waals surface area contributed by atoms with Crippen LogP contribution in [-0.4, -0.2) is 40.5 Å². The van der Waals surface area contributed by atoms with E-state index in [0.717, 1.165) is 12.1 Å². The van der Waals surface area contributed by atoms with Crippen LogP contribution in [0.3, 0.4) is 0 Å². The Balaban J connectivity index is 1.59. The van der Waals surface area contributed by atoms with Crippen molar-refractivity contribution in [3.8, 4) is 0 Å². The average molecular weight is 462 g/mol. The van der Waals surface area contributed by atoms with Gasteiger partial charge in [-0.15, -0.1) is 0 Å². The summed E-state index contributed by atoms with van der Waals surface area (Å²) in [6.07, 6.45) is -4.82. The minimum Gasteiger partial charge on any atom is -0.337 e. The Morgan fingerprint density at radius 1 is 1.09 bits per heavy atom. The molecule has 1 heterocycles. The van der Waals surface area contributed by atoms with Crippen LogP contribution < -0.4 is 5.32 Å². The maximum Gasteiger partial charge on any atom is 0.412 e. The number of nitrogens with zero attached hydrogens (tertiary/aromatic N) is 1. The smallest absolute Gasteiger partial charge is 0.337 e. The molecule has 1 aliphatic carbocycles. The molecule has 1 saturated carbocycles. The lowest BCUT2D eigenvalue weighted by atomic mass is 9.92. The van der Waals surface area contributed by atoms with Gasteiger partial charge in [-0.25, -0.2) is 4.39 Å². The lowest BCUT2D eigenvalue weighted by Gasteiger charge is -2.29. The molecule has 172 valence electrons. The third-order valence-corrected chi connectivity index (χ3v) is 5.82. The molecule has 2 atom stereocenters. The summed E-state index contributed by atoms with van der Waals surface area (Å²) in [6, 6.07) is 5.33. The van der Waals surface area contributed by atoms with Gasteiger partial charge in [-0.3, -0.25) is 19.2 Å². The topological polar surface area (TPSA) is 83.6 Å². The standard InChI is InChI=1S/C23H18F4N2O4/c24-17-10-15-13(11-29(22(15)33)18-7-6-14(30)9-19(18)31)8-16(17)21(32)28-20(23(25,26)27)12-4-2-1-3-5-12/h1-5,8,10,18,20H,6-7,9,11H2,(H,28,32)/t18?,20-/m1/s1. The van der Waals surface area contributed by atoms with E-state index in [0.29, 0.717) is 0 Å². The summed E-state index contributed by atoms with van der Waals surface area (Å²) in [5.41, 5.74) is -0.700. The van der Waals surface area contributed by atoms with E-state index >= 15 is 0 Å². The van der Waals surface area contributed by atoms with E-state index in [4.69, 9.17) is 0 Å². The number of hydrogen-bond donors (Lipinski definition) is 1. The minimum atomic E-state index is -4.82. The third-order valence-electron chi connectivity index (χ3n) is 5.82. The summed E-state index contributed by atoms with van der Waals surface area (Å²) in [5, 5.41) is 1.83. The summed E-state index contributed by atoms with van der Waals surface area (Å²) < 4.78 is 55.4. The van der Waals surface area contributed by atoms with Crippen molar-refractivity contribution in [1.29, 1.82) is 0 Å². The fourth-order valence-corrected chi connectivity index (χ4v) is 4.18. The number of nitrogens with one attached hydrogen (secondary N) is 1. The highest BCUT2D eigenvalue weighted by atomic mass is 19.4. The van der Waals surface area contributed by atoms with Crippen molar-refractivity contribution < 1.29 is 36.7 Å². The highest BCUT2D eigenvalue weighted by Gasteiger charge is 2.43. The van der Waals surface area contributed by atoms with Crippen molar-refractivity contribution in [2.45, 2.75) is 44.1 Å². The zero-order chi connectivity index (χ0) is 23.9. The molecule has 0 aromatic heterocycles. The Kier molecular flexibility index (Phi) is 5.77. The number of benzene rings is 2. The average Bonchev–Trinajstić information content (AvgIpc) is 3.06. The molecule has 0 spiro atoms. The van der Waals surface area contributed by atoms with E-state index < -0.39 is 47.2 Å². The van der Waals surface area contributed by atoms with Crippen LogP contribution in [-0.2, 0) is 16.1 Å². The van der Waals surface area contributed by atoms with Gasteiger partial charge in [0, 0.05) is 18.5 Å². The highest BCUT2D eigenvalue weighted by Crippen LogP contribution is 2.34. The van der Waals surface area contributed by atoms with Gasteiger partial charge in [0.1, 0.15) is 11.6 Å². The van der Waals surface area contributed by atoms with Crippen LogP contribution >= 0.6 is 0 Å². The first kappa shape index (κ1) is 22.6. The molecule has 33 heavy (non-hydrogen) atoms. The molecule has 0 bridgehead atoms. The number of halogens is 4. The lowest BCUT2D eigenvalue weighted by Crippen LogP contribution is -2.44. The second kappa shape index (κ2) is 8.42. The molecule has 0 saturated heterocycles. The molecular weight excluding hydrogens is 444 g/mol. The summed E-state index contributed by atoms with van der Waals surface area (Å²) in [4.78, 5) is 50.2. The molecule has 2 aliphatic rings. The van der Waals surface area contributed by atoms with Crippen LogP contribution in [0, 0.1) is 5.82 Å². The summed E-state index contributed by atoms with van der Waals surface area (Å²) in [6.45, 7) is -0.110. The molecule has 0 radical (unpaired) electrons. The molecule has 4 rings (SSSR count). The summed E-state index contributed by atoms with van der Waals surface area (Å²) in [7, 11) is 0.